The number of nitriles is 1. The molecule has 3 aliphatic rings. The fourth-order valence-electron chi connectivity index (χ4n) is 8.06. The molecule has 0 saturated carbocycles. The number of nitrogens with zero attached hydrogens (tertiary/aromatic N) is 6. The summed E-state index contributed by atoms with van der Waals surface area (Å²) in [6.45, 7) is 11.5. The van der Waals surface area contributed by atoms with Crippen molar-refractivity contribution in [3.8, 4) is 23.2 Å². The lowest BCUT2D eigenvalue weighted by Crippen LogP contribution is -2.51. The third-order valence-corrected chi connectivity index (χ3v) is 10.7. The van der Waals surface area contributed by atoms with Gasteiger partial charge in [0.1, 0.15) is 24.0 Å². The molecule has 2 aromatic carbocycles. The monoisotopic (exact) mass is 630 g/mol. The topological polar surface area (TPSA) is 108 Å². The van der Waals surface area contributed by atoms with Crippen LogP contribution in [-0.4, -0.2) is 69.3 Å². The van der Waals surface area contributed by atoms with Crippen LogP contribution in [-0.2, 0) is 7.05 Å². The van der Waals surface area contributed by atoms with E-state index in [1.165, 1.54) is 0 Å². The molecule has 5 heterocycles. The Labute approximate surface area is 268 Å². The molecule has 11 heteroatoms. The molecule has 2 unspecified atom stereocenters. The van der Waals surface area contributed by atoms with Crippen LogP contribution in [0.2, 0.25) is 5.02 Å². The summed E-state index contributed by atoms with van der Waals surface area (Å²) in [5, 5.41) is 15.1. The summed E-state index contributed by atoms with van der Waals surface area (Å²) < 4.78 is 25.5. The van der Waals surface area contributed by atoms with E-state index in [9.17, 15) is 5.26 Å². The molecule has 3 atom stereocenters. The first-order chi connectivity index (χ1) is 21.5. The Kier molecular flexibility index (Phi) is 7.34. The van der Waals surface area contributed by atoms with Gasteiger partial charge in [-0.15, -0.1) is 0 Å². The summed E-state index contributed by atoms with van der Waals surface area (Å²) in [5.74, 6) is 0.0662. The van der Waals surface area contributed by atoms with E-state index >= 15 is 4.39 Å². The van der Waals surface area contributed by atoms with Crippen molar-refractivity contribution in [1.29, 1.82) is 5.26 Å². The number of ether oxygens (including phenoxy) is 1. The number of nitrogens with one attached hydrogen (secondary N) is 1. The number of likely N-dealkylation sites (tertiary alicyclic amines) is 1. The van der Waals surface area contributed by atoms with Gasteiger partial charge in [0, 0.05) is 65.9 Å². The average Bonchev–Trinajstić information content (AvgIpc) is 3.65. The molecule has 0 aliphatic carbocycles. The van der Waals surface area contributed by atoms with Gasteiger partial charge in [-0.2, -0.15) is 15.2 Å². The lowest BCUT2D eigenvalue weighted by molar-refractivity contribution is 0.0626. The smallest absolute Gasteiger partial charge is 0.319 e. The first-order valence-corrected chi connectivity index (χ1v) is 16.3. The number of hydrogen-bond acceptors (Lipinski definition) is 8. The van der Waals surface area contributed by atoms with Crippen molar-refractivity contribution in [1.82, 2.24) is 24.8 Å². The first kappa shape index (κ1) is 30.0. The van der Waals surface area contributed by atoms with E-state index in [-0.39, 0.29) is 27.7 Å². The molecule has 4 aromatic rings. The van der Waals surface area contributed by atoms with Crippen LogP contribution in [0.1, 0.15) is 57.7 Å². The van der Waals surface area contributed by atoms with Gasteiger partial charge in [-0.05, 0) is 78.1 Å². The highest BCUT2D eigenvalue weighted by atomic mass is 35.5. The van der Waals surface area contributed by atoms with E-state index in [2.05, 4.69) is 42.0 Å². The number of aromatic nitrogens is 3. The summed E-state index contributed by atoms with van der Waals surface area (Å²) in [5.41, 5.74) is 9.11. The van der Waals surface area contributed by atoms with Crippen molar-refractivity contribution >= 4 is 44.9 Å². The molecule has 3 aliphatic heterocycles. The summed E-state index contributed by atoms with van der Waals surface area (Å²) in [4.78, 5) is 14.3. The maximum Gasteiger partial charge on any atom is 0.319 e. The average molecular weight is 631 g/mol. The van der Waals surface area contributed by atoms with Gasteiger partial charge < -0.3 is 25.3 Å². The zero-order valence-electron chi connectivity index (χ0n) is 26.5. The van der Waals surface area contributed by atoms with Crippen LogP contribution < -0.4 is 20.7 Å². The van der Waals surface area contributed by atoms with E-state index < -0.39 is 5.82 Å². The molecular formula is C34H40ClFN8O. The van der Waals surface area contributed by atoms with Crippen LogP contribution in [0.4, 0.5) is 15.9 Å². The molecule has 45 heavy (non-hydrogen) atoms. The SMILES string of the molecule is Cc1c(-c2c(Cl)cc3c(N4CC5CCC(C4)N5)nc(OC[C@]4(C)CCCN4C(C)C)nc3c2F)c2c(C#N)c(N)ccc2n1C. The predicted molar refractivity (Wildman–Crippen MR) is 177 cm³/mol. The van der Waals surface area contributed by atoms with Crippen LogP contribution in [0.3, 0.4) is 0 Å². The number of anilines is 2. The Morgan fingerprint density at radius 2 is 1.96 bits per heavy atom. The van der Waals surface area contributed by atoms with E-state index in [4.69, 9.17) is 32.0 Å². The summed E-state index contributed by atoms with van der Waals surface area (Å²) >= 11 is 7.00. The van der Waals surface area contributed by atoms with Crippen molar-refractivity contribution in [2.75, 3.05) is 36.9 Å². The number of nitrogen functional groups attached to an aromatic ring is 1. The number of fused-ring (bicyclic) bond motifs is 4. The summed E-state index contributed by atoms with van der Waals surface area (Å²) in [6.07, 6.45) is 4.30. The molecule has 3 fully saturated rings. The maximum absolute atomic E-state index is 17.2. The van der Waals surface area contributed by atoms with Gasteiger partial charge in [-0.25, -0.2) is 4.39 Å². The predicted octanol–water partition coefficient (Wildman–Crippen LogP) is 5.93. The van der Waals surface area contributed by atoms with Gasteiger partial charge in [0.15, 0.2) is 5.82 Å². The molecule has 0 spiro atoms. The van der Waals surface area contributed by atoms with Gasteiger partial charge in [0.25, 0.3) is 0 Å². The number of rotatable bonds is 6. The van der Waals surface area contributed by atoms with Crippen LogP contribution in [0.15, 0.2) is 18.2 Å². The van der Waals surface area contributed by atoms with Crippen molar-refractivity contribution in [2.24, 2.45) is 7.05 Å². The summed E-state index contributed by atoms with van der Waals surface area (Å²) in [7, 11) is 1.89. The van der Waals surface area contributed by atoms with Gasteiger partial charge in [-0.3, -0.25) is 4.90 Å². The number of piperazine rings is 1. The quantitative estimate of drug-likeness (QED) is 0.253. The molecule has 236 valence electrons. The third-order valence-electron chi connectivity index (χ3n) is 10.4. The zero-order valence-corrected chi connectivity index (χ0v) is 27.3. The lowest BCUT2D eigenvalue weighted by Gasteiger charge is -2.37. The highest BCUT2D eigenvalue weighted by Gasteiger charge is 2.39. The second kappa shape index (κ2) is 11.0. The fraction of sp³-hybridized carbons (Fsp3) is 0.500. The molecule has 3 N–H and O–H groups in total. The largest absolute Gasteiger partial charge is 0.461 e. The Morgan fingerprint density at radius 3 is 2.64 bits per heavy atom. The maximum atomic E-state index is 17.2. The van der Waals surface area contributed by atoms with Crippen molar-refractivity contribution < 1.29 is 9.13 Å². The van der Waals surface area contributed by atoms with Crippen molar-refractivity contribution in [3.63, 3.8) is 0 Å². The minimum atomic E-state index is -0.568. The van der Waals surface area contributed by atoms with Gasteiger partial charge >= 0.3 is 6.01 Å². The number of nitrogens with two attached hydrogens (primary N) is 1. The molecule has 2 aromatic heterocycles. The summed E-state index contributed by atoms with van der Waals surface area (Å²) in [6, 6.07) is 8.80. The van der Waals surface area contributed by atoms with E-state index in [1.807, 2.05) is 24.6 Å². The lowest BCUT2D eigenvalue weighted by atomic mass is 9.96. The van der Waals surface area contributed by atoms with Crippen LogP contribution in [0.5, 0.6) is 6.01 Å². The second-order valence-electron chi connectivity index (χ2n) is 13.5. The fourth-order valence-corrected chi connectivity index (χ4v) is 8.35. The van der Waals surface area contributed by atoms with Crippen LogP contribution >= 0.6 is 11.6 Å². The van der Waals surface area contributed by atoms with E-state index in [1.54, 1.807) is 12.1 Å². The highest BCUT2D eigenvalue weighted by Crippen LogP contribution is 2.45. The van der Waals surface area contributed by atoms with Crippen molar-refractivity contribution in [2.45, 2.75) is 77.0 Å². The molecular weight excluding hydrogens is 591 g/mol. The molecule has 0 radical (unpaired) electrons. The molecule has 7 rings (SSSR count). The minimum absolute atomic E-state index is 0.149. The van der Waals surface area contributed by atoms with Crippen LogP contribution in [0, 0.1) is 24.1 Å². The normalized spacial score (nSPS) is 23.5. The Balaban J connectivity index is 1.42. The number of aryl methyl sites for hydroxylation is 1. The Morgan fingerprint density at radius 1 is 1.22 bits per heavy atom. The minimum Gasteiger partial charge on any atom is -0.461 e. The molecule has 2 bridgehead atoms. The highest BCUT2D eigenvalue weighted by molar-refractivity contribution is 6.35. The van der Waals surface area contributed by atoms with Crippen LogP contribution in [0.25, 0.3) is 32.9 Å². The standard InChI is InChI=1S/C34H40ClFN8O/c1-18(2)44-12-6-11-34(44,4)17-45-33-40-31-22(32(41-33)43-15-20-7-8-21(16-43)39-20)13-24(35)29(30(31)36)27-19(3)42(5)26-10-9-25(38)23(14-37)28(26)27/h9-10,13,18,20-21,39H,6-8,11-12,15-17,38H2,1-5H3/t20?,21?,34-/m0/s1. The number of halogens is 2. The zero-order chi connectivity index (χ0) is 31.8. The molecule has 9 nitrogen and oxygen atoms in total. The Bertz CT molecular complexity index is 1870. The number of hydrogen-bond donors (Lipinski definition) is 2. The van der Waals surface area contributed by atoms with Gasteiger partial charge in [0.2, 0.25) is 0 Å². The first-order valence-electron chi connectivity index (χ1n) is 15.9. The van der Waals surface area contributed by atoms with E-state index in [0.717, 1.165) is 56.5 Å². The number of benzene rings is 2. The van der Waals surface area contributed by atoms with Gasteiger partial charge in [-0.1, -0.05) is 11.6 Å². The van der Waals surface area contributed by atoms with Gasteiger partial charge in [0.05, 0.1) is 27.3 Å². The molecule has 0 amide bonds. The van der Waals surface area contributed by atoms with Crippen molar-refractivity contribution in [3.05, 3.63) is 40.3 Å². The third kappa shape index (κ3) is 4.79. The van der Waals surface area contributed by atoms with E-state index in [0.29, 0.717) is 58.1 Å². The second-order valence-corrected chi connectivity index (χ2v) is 14.0. The molecule has 3 saturated heterocycles. The Hall–Kier alpha value is -3.65.